The van der Waals surface area contributed by atoms with Crippen LogP contribution in [0, 0.1) is 13.8 Å². The van der Waals surface area contributed by atoms with Gasteiger partial charge >= 0.3 is 0 Å². The predicted octanol–water partition coefficient (Wildman–Crippen LogP) is 3.50. The zero-order valence-corrected chi connectivity index (χ0v) is 15.2. The molecule has 0 aromatic heterocycles. The van der Waals surface area contributed by atoms with E-state index in [1.807, 2.05) is 62.9 Å². The number of anilines is 3. The predicted molar refractivity (Wildman–Crippen MR) is 102 cm³/mol. The summed E-state index contributed by atoms with van der Waals surface area (Å²) in [5.41, 5.74) is 10.1. The minimum atomic E-state index is -0.388. The summed E-state index contributed by atoms with van der Waals surface area (Å²) in [7, 11) is 0. The van der Waals surface area contributed by atoms with E-state index in [1.165, 1.54) is 5.56 Å². The molecular weight excluding hydrogens is 314 g/mol. The van der Waals surface area contributed by atoms with Crippen LogP contribution in [-0.2, 0) is 4.79 Å². The van der Waals surface area contributed by atoms with Crippen LogP contribution in [0.2, 0.25) is 0 Å². The van der Waals surface area contributed by atoms with Crippen molar-refractivity contribution in [2.75, 3.05) is 29.0 Å². The van der Waals surface area contributed by atoms with Gasteiger partial charge in [0.05, 0.1) is 18.8 Å². The van der Waals surface area contributed by atoms with Gasteiger partial charge in [-0.1, -0.05) is 17.7 Å². The Labute approximate surface area is 148 Å². The number of hydrogen-bond acceptors (Lipinski definition) is 4. The maximum Gasteiger partial charge on any atom is 0.243 e. The Morgan fingerprint density at radius 2 is 2.00 bits per heavy atom. The molecule has 1 amide bonds. The summed E-state index contributed by atoms with van der Waals surface area (Å²) in [6.07, 6.45) is 0. The second-order valence-electron chi connectivity index (χ2n) is 7.31. The Hall–Kier alpha value is -2.69. The number of carbonyl (C=O) groups is 1. The largest absolute Gasteiger partial charge is 0.484 e. The van der Waals surface area contributed by atoms with Crippen molar-refractivity contribution in [3.05, 3.63) is 47.5 Å². The quantitative estimate of drug-likeness (QED) is 0.840. The van der Waals surface area contributed by atoms with Crippen molar-refractivity contribution in [3.63, 3.8) is 0 Å². The van der Waals surface area contributed by atoms with Crippen LogP contribution in [0.3, 0.4) is 0 Å². The van der Waals surface area contributed by atoms with E-state index >= 15 is 0 Å². The van der Waals surface area contributed by atoms with Crippen LogP contribution < -0.4 is 20.7 Å². The molecule has 2 aromatic carbocycles. The molecule has 0 saturated carbocycles. The number of rotatable bonds is 3. The van der Waals surface area contributed by atoms with Crippen molar-refractivity contribution in [2.24, 2.45) is 0 Å². The average molecular weight is 339 g/mol. The van der Waals surface area contributed by atoms with Crippen LogP contribution in [0.15, 0.2) is 36.4 Å². The minimum Gasteiger partial charge on any atom is -0.484 e. The van der Waals surface area contributed by atoms with E-state index in [4.69, 9.17) is 10.5 Å². The van der Waals surface area contributed by atoms with Crippen LogP contribution in [0.4, 0.5) is 17.1 Å². The smallest absolute Gasteiger partial charge is 0.243 e. The molecule has 0 bridgehead atoms. The lowest BCUT2D eigenvalue weighted by Crippen LogP contribution is -2.49. The van der Waals surface area contributed by atoms with E-state index < -0.39 is 0 Å². The number of amides is 1. The van der Waals surface area contributed by atoms with Crippen LogP contribution in [0.1, 0.15) is 25.0 Å². The highest BCUT2D eigenvalue weighted by molar-refractivity contribution is 5.95. The first-order valence-electron chi connectivity index (χ1n) is 8.44. The van der Waals surface area contributed by atoms with Gasteiger partial charge in [0, 0.05) is 17.4 Å². The Bertz CT molecular complexity index is 815. The van der Waals surface area contributed by atoms with Gasteiger partial charge in [-0.2, -0.15) is 0 Å². The second kappa shape index (κ2) is 6.31. The van der Waals surface area contributed by atoms with E-state index in [2.05, 4.69) is 11.4 Å². The molecule has 0 atom stereocenters. The number of aryl methyl sites for hydroxylation is 2. The first kappa shape index (κ1) is 17.1. The van der Waals surface area contributed by atoms with Gasteiger partial charge in [0.2, 0.25) is 5.91 Å². The van der Waals surface area contributed by atoms with Crippen molar-refractivity contribution in [1.29, 1.82) is 0 Å². The summed E-state index contributed by atoms with van der Waals surface area (Å²) >= 11 is 0. The summed E-state index contributed by atoms with van der Waals surface area (Å²) in [6, 6.07) is 11.6. The first-order valence-corrected chi connectivity index (χ1v) is 8.44. The zero-order valence-electron chi connectivity index (χ0n) is 15.2. The van der Waals surface area contributed by atoms with Crippen molar-refractivity contribution >= 4 is 23.0 Å². The molecule has 5 nitrogen and oxygen atoms in total. The third-order valence-electron chi connectivity index (χ3n) is 4.27. The number of fused-ring (bicyclic) bond motifs is 1. The highest BCUT2D eigenvalue weighted by Crippen LogP contribution is 2.38. The highest BCUT2D eigenvalue weighted by atomic mass is 16.5. The number of nitrogens with one attached hydrogen (secondary N) is 1. The second-order valence-corrected chi connectivity index (χ2v) is 7.31. The molecular formula is C20H25N3O2. The Balaban J connectivity index is 1.79. The Kier molecular flexibility index (Phi) is 4.33. The molecule has 0 aliphatic carbocycles. The third kappa shape index (κ3) is 3.87. The summed E-state index contributed by atoms with van der Waals surface area (Å²) in [5.74, 6) is 0.669. The number of hydrogen-bond donors (Lipinski definition) is 2. The summed E-state index contributed by atoms with van der Waals surface area (Å²) in [4.78, 5) is 14.6. The molecule has 0 unspecified atom stereocenters. The number of nitrogens with zero attached hydrogens (tertiary/aromatic N) is 1. The molecule has 1 aliphatic rings. The van der Waals surface area contributed by atoms with Gasteiger partial charge in [-0.15, -0.1) is 0 Å². The standard InChI is InChI=1S/C20H25N3O2/c1-13-5-7-16(14(2)9-13)22-19(24)11-23-12-20(3,4)25-18-10-15(21)6-8-17(18)23/h5-10H,11-12,21H2,1-4H3,(H,22,24). The van der Waals surface area contributed by atoms with Crippen LogP contribution in [0.25, 0.3) is 0 Å². The number of nitrogen functional groups attached to an aromatic ring is 1. The lowest BCUT2D eigenvalue weighted by Gasteiger charge is -2.40. The van der Waals surface area contributed by atoms with Gasteiger partial charge in [-0.3, -0.25) is 4.79 Å². The Morgan fingerprint density at radius 3 is 2.72 bits per heavy atom. The molecule has 3 N–H and O–H groups in total. The number of carbonyl (C=O) groups excluding carboxylic acids is 1. The van der Waals surface area contributed by atoms with Crippen molar-refractivity contribution in [2.45, 2.75) is 33.3 Å². The van der Waals surface area contributed by atoms with Crippen molar-refractivity contribution in [1.82, 2.24) is 0 Å². The van der Waals surface area contributed by atoms with Gasteiger partial charge in [-0.25, -0.2) is 0 Å². The van der Waals surface area contributed by atoms with Gasteiger partial charge in [0.15, 0.2) is 0 Å². The molecule has 0 spiro atoms. The average Bonchev–Trinajstić information content (AvgIpc) is 2.48. The van der Waals surface area contributed by atoms with E-state index in [-0.39, 0.29) is 18.1 Å². The molecule has 0 fully saturated rings. The molecule has 2 aromatic rings. The fourth-order valence-corrected chi connectivity index (χ4v) is 3.21. The Morgan fingerprint density at radius 1 is 1.24 bits per heavy atom. The van der Waals surface area contributed by atoms with Crippen LogP contribution >= 0.6 is 0 Å². The van der Waals surface area contributed by atoms with Crippen LogP contribution in [-0.4, -0.2) is 24.6 Å². The zero-order chi connectivity index (χ0) is 18.2. The molecule has 3 rings (SSSR count). The number of benzene rings is 2. The van der Waals surface area contributed by atoms with Gasteiger partial charge < -0.3 is 20.7 Å². The molecule has 1 aliphatic heterocycles. The van der Waals surface area contributed by atoms with Gasteiger partial charge in [0.1, 0.15) is 11.4 Å². The van der Waals surface area contributed by atoms with E-state index in [0.29, 0.717) is 12.2 Å². The molecule has 1 heterocycles. The minimum absolute atomic E-state index is 0.0487. The maximum atomic E-state index is 12.6. The number of ether oxygens (including phenoxy) is 1. The highest BCUT2D eigenvalue weighted by Gasteiger charge is 2.32. The van der Waals surface area contributed by atoms with Crippen molar-refractivity contribution < 1.29 is 9.53 Å². The third-order valence-corrected chi connectivity index (χ3v) is 4.27. The normalized spacial score (nSPS) is 15.3. The molecule has 0 radical (unpaired) electrons. The lowest BCUT2D eigenvalue weighted by atomic mass is 10.0. The molecule has 132 valence electrons. The number of nitrogens with two attached hydrogens (primary N) is 1. The summed E-state index contributed by atoms with van der Waals surface area (Å²) in [6.45, 7) is 8.94. The van der Waals surface area contributed by atoms with E-state index in [9.17, 15) is 4.79 Å². The SMILES string of the molecule is Cc1ccc(NC(=O)CN2CC(C)(C)Oc3cc(N)ccc32)c(C)c1. The molecule has 0 saturated heterocycles. The lowest BCUT2D eigenvalue weighted by molar-refractivity contribution is -0.115. The fraction of sp³-hybridized carbons (Fsp3) is 0.350. The maximum absolute atomic E-state index is 12.6. The summed E-state index contributed by atoms with van der Waals surface area (Å²) in [5, 5.41) is 3.01. The topological polar surface area (TPSA) is 67.6 Å². The van der Waals surface area contributed by atoms with Crippen LogP contribution in [0.5, 0.6) is 5.75 Å². The summed E-state index contributed by atoms with van der Waals surface area (Å²) < 4.78 is 6.01. The fourth-order valence-electron chi connectivity index (χ4n) is 3.21. The van der Waals surface area contributed by atoms with Gasteiger partial charge in [0.25, 0.3) is 0 Å². The molecule has 5 heteroatoms. The van der Waals surface area contributed by atoms with Crippen molar-refractivity contribution in [3.8, 4) is 5.75 Å². The van der Waals surface area contributed by atoms with Gasteiger partial charge in [-0.05, 0) is 51.5 Å². The first-order chi connectivity index (χ1) is 11.7. The monoisotopic (exact) mass is 339 g/mol. The van der Waals surface area contributed by atoms with E-state index in [0.717, 1.165) is 22.7 Å². The molecule has 25 heavy (non-hydrogen) atoms. The van der Waals surface area contributed by atoms with E-state index in [1.54, 1.807) is 0 Å².